The number of carboxylic acids is 1. The molecule has 1 aromatic heterocycles. The number of fused-ring (bicyclic) bond motifs is 3. The Morgan fingerprint density at radius 2 is 1.38 bits per heavy atom. The van der Waals surface area contributed by atoms with Gasteiger partial charge in [-0.25, -0.2) is 4.79 Å². The van der Waals surface area contributed by atoms with E-state index < -0.39 is 11.5 Å². The molecule has 0 unspecified atom stereocenters. The summed E-state index contributed by atoms with van der Waals surface area (Å²) in [4.78, 5) is 12.1. The highest BCUT2D eigenvalue weighted by Crippen LogP contribution is 2.29. The van der Waals surface area contributed by atoms with Crippen LogP contribution < -0.4 is 5.43 Å². The first-order valence-corrected chi connectivity index (χ1v) is 8.62. The zero-order chi connectivity index (χ0) is 18.1. The number of carbonyl (C=O) groups is 1. The Kier molecular flexibility index (Phi) is 3.88. The molecule has 4 nitrogen and oxygen atoms in total. The van der Waals surface area contributed by atoms with Crippen molar-refractivity contribution in [3.63, 3.8) is 0 Å². The van der Waals surface area contributed by atoms with Crippen LogP contribution in [0.25, 0.3) is 21.8 Å². The third kappa shape index (κ3) is 2.69. The molecule has 0 aliphatic carbocycles. The summed E-state index contributed by atoms with van der Waals surface area (Å²) in [5.74, 6) is -0.886. The van der Waals surface area contributed by atoms with Crippen LogP contribution in [0.15, 0.2) is 78.9 Å². The zero-order valence-electron chi connectivity index (χ0n) is 14.5. The summed E-state index contributed by atoms with van der Waals surface area (Å²) in [6.07, 6.45) is 0.379. The van der Waals surface area contributed by atoms with Crippen LogP contribution in [0, 0.1) is 0 Å². The highest BCUT2D eigenvalue weighted by atomic mass is 16.4. The van der Waals surface area contributed by atoms with Crippen LogP contribution in [-0.4, -0.2) is 21.3 Å². The lowest BCUT2D eigenvalue weighted by atomic mass is 9.94. The Morgan fingerprint density at radius 1 is 0.885 bits per heavy atom. The van der Waals surface area contributed by atoms with Crippen molar-refractivity contribution in [1.29, 1.82) is 0 Å². The van der Waals surface area contributed by atoms with Crippen molar-refractivity contribution in [2.24, 2.45) is 0 Å². The van der Waals surface area contributed by atoms with Crippen LogP contribution >= 0.6 is 0 Å². The number of hydrogen-bond acceptors (Lipinski definition) is 2. The molecule has 4 rings (SSSR count). The van der Waals surface area contributed by atoms with Crippen LogP contribution in [0.4, 0.5) is 0 Å². The van der Waals surface area contributed by atoms with Crippen molar-refractivity contribution in [3.8, 4) is 0 Å². The molecule has 0 bridgehead atoms. The fourth-order valence-corrected chi connectivity index (χ4v) is 3.46. The number of rotatable bonds is 5. The largest absolute Gasteiger partial charge is 0.479 e. The number of aliphatic carboxylic acids is 1. The molecule has 0 saturated heterocycles. The van der Waals surface area contributed by atoms with Gasteiger partial charge in [0.15, 0.2) is 5.54 Å². The molecule has 0 amide bonds. The molecule has 26 heavy (non-hydrogen) atoms. The zero-order valence-corrected chi connectivity index (χ0v) is 14.5. The Labute approximate surface area is 151 Å². The third-order valence-electron chi connectivity index (χ3n) is 4.81. The minimum absolute atomic E-state index is 0.379. The van der Waals surface area contributed by atoms with E-state index in [0.717, 1.165) is 27.4 Å². The minimum Gasteiger partial charge on any atom is -0.479 e. The summed E-state index contributed by atoms with van der Waals surface area (Å²) in [7, 11) is 0. The van der Waals surface area contributed by atoms with Gasteiger partial charge in [-0.2, -0.15) is 0 Å². The number of benzene rings is 3. The van der Waals surface area contributed by atoms with Crippen molar-refractivity contribution in [2.75, 3.05) is 5.43 Å². The van der Waals surface area contributed by atoms with Crippen molar-refractivity contribution in [2.45, 2.75) is 18.9 Å². The monoisotopic (exact) mass is 344 g/mol. The molecule has 4 aromatic rings. The molecule has 0 aliphatic heterocycles. The number of para-hydroxylation sites is 2. The molecule has 0 spiro atoms. The van der Waals surface area contributed by atoms with E-state index in [1.807, 2.05) is 71.4 Å². The Hall–Kier alpha value is -3.27. The molecule has 0 aliphatic rings. The standard InChI is InChI=1S/C22H20N2O2/c1-22(21(25)26,15-16-9-3-2-4-10-16)23-24-19-13-7-5-11-17(19)18-12-6-8-14-20(18)24/h2-14,23H,15H2,1H3,(H,25,26)/t22-/m0/s1. The average molecular weight is 344 g/mol. The van der Waals surface area contributed by atoms with Gasteiger partial charge < -0.3 is 10.5 Å². The van der Waals surface area contributed by atoms with Gasteiger partial charge in [-0.05, 0) is 24.6 Å². The fraction of sp³-hybridized carbons (Fsp3) is 0.136. The highest BCUT2D eigenvalue weighted by molar-refractivity contribution is 6.08. The van der Waals surface area contributed by atoms with E-state index in [0.29, 0.717) is 6.42 Å². The van der Waals surface area contributed by atoms with Crippen LogP contribution in [0.1, 0.15) is 12.5 Å². The van der Waals surface area contributed by atoms with E-state index in [4.69, 9.17) is 0 Å². The van der Waals surface area contributed by atoms with Gasteiger partial charge in [-0.3, -0.25) is 4.68 Å². The molecule has 0 radical (unpaired) electrons. The maximum Gasteiger partial charge on any atom is 0.330 e. The van der Waals surface area contributed by atoms with E-state index in [2.05, 4.69) is 17.6 Å². The molecule has 1 heterocycles. The molecule has 0 saturated carbocycles. The van der Waals surface area contributed by atoms with Gasteiger partial charge in [0.05, 0.1) is 11.0 Å². The van der Waals surface area contributed by atoms with E-state index in [1.54, 1.807) is 6.92 Å². The van der Waals surface area contributed by atoms with Crippen LogP contribution in [-0.2, 0) is 11.2 Å². The van der Waals surface area contributed by atoms with Gasteiger partial charge in [0, 0.05) is 17.2 Å². The summed E-state index contributed by atoms with van der Waals surface area (Å²) >= 11 is 0. The number of nitrogens with one attached hydrogen (secondary N) is 1. The summed E-state index contributed by atoms with van der Waals surface area (Å²) in [6, 6.07) is 25.8. The molecule has 4 heteroatoms. The van der Waals surface area contributed by atoms with Crippen molar-refractivity contribution in [1.82, 2.24) is 4.68 Å². The molecule has 1 atom stereocenters. The Morgan fingerprint density at radius 3 is 1.92 bits per heavy atom. The highest BCUT2D eigenvalue weighted by Gasteiger charge is 2.34. The van der Waals surface area contributed by atoms with E-state index in [9.17, 15) is 9.90 Å². The topological polar surface area (TPSA) is 54.3 Å². The smallest absolute Gasteiger partial charge is 0.330 e. The van der Waals surface area contributed by atoms with Gasteiger partial charge in [0.2, 0.25) is 0 Å². The predicted molar refractivity (Wildman–Crippen MR) is 105 cm³/mol. The van der Waals surface area contributed by atoms with E-state index in [-0.39, 0.29) is 0 Å². The lowest BCUT2D eigenvalue weighted by Gasteiger charge is -2.29. The Balaban J connectivity index is 1.84. The second-order valence-corrected chi connectivity index (χ2v) is 6.78. The number of carboxylic acid groups (broad SMARTS) is 1. The molecule has 0 fully saturated rings. The minimum atomic E-state index is -1.15. The fourth-order valence-electron chi connectivity index (χ4n) is 3.46. The predicted octanol–water partition coefficient (Wildman–Crippen LogP) is 4.42. The first-order valence-electron chi connectivity index (χ1n) is 8.62. The van der Waals surface area contributed by atoms with Gasteiger partial charge in [-0.1, -0.05) is 66.7 Å². The van der Waals surface area contributed by atoms with Gasteiger partial charge in [0.1, 0.15) is 0 Å². The first-order chi connectivity index (χ1) is 12.6. The number of hydrogen-bond donors (Lipinski definition) is 2. The number of nitrogens with zero attached hydrogens (tertiary/aromatic N) is 1. The lowest BCUT2D eigenvalue weighted by Crippen LogP contribution is -2.49. The average Bonchev–Trinajstić information content (AvgIpc) is 2.97. The normalized spacial score (nSPS) is 13.6. The molecule has 130 valence electrons. The quantitative estimate of drug-likeness (QED) is 0.563. The molecule has 3 aromatic carbocycles. The van der Waals surface area contributed by atoms with Crippen molar-refractivity contribution >= 4 is 27.8 Å². The maximum atomic E-state index is 12.1. The summed E-state index contributed by atoms with van der Waals surface area (Å²) in [5.41, 5.74) is 5.05. The van der Waals surface area contributed by atoms with E-state index in [1.165, 1.54) is 0 Å². The van der Waals surface area contributed by atoms with Crippen LogP contribution in [0.3, 0.4) is 0 Å². The van der Waals surface area contributed by atoms with Gasteiger partial charge in [-0.15, -0.1) is 0 Å². The van der Waals surface area contributed by atoms with Crippen LogP contribution in [0.5, 0.6) is 0 Å². The Bertz CT molecular complexity index is 1030. The second-order valence-electron chi connectivity index (χ2n) is 6.78. The summed E-state index contributed by atoms with van der Waals surface area (Å²) < 4.78 is 1.90. The summed E-state index contributed by atoms with van der Waals surface area (Å²) in [6.45, 7) is 1.73. The van der Waals surface area contributed by atoms with Crippen LogP contribution in [0.2, 0.25) is 0 Å². The molecule has 2 N–H and O–H groups in total. The third-order valence-corrected chi connectivity index (χ3v) is 4.81. The lowest BCUT2D eigenvalue weighted by molar-refractivity contribution is -0.142. The SMILES string of the molecule is C[C@@](Cc1ccccc1)(Nn1c2ccccc2c2ccccc21)C(=O)O. The molecular formula is C22H20N2O2. The first kappa shape index (κ1) is 16.2. The second kappa shape index (κ2) is 6.23. The van der Waals surface area contributed by atoms with Crippen molar-refractivity contribution < 1.29 is 9.90 Å². The number of aromatic nitrogens is 1. The maximum absolute atomic E-state index is 12.1. The molecular weight excluding hydrogens is 324 g/mol. The van der Waals surface area contributed by atoms with Gasteiger partial charge >= 0.3 is 5.97 Å². The van der Waals surface area contributed by atoms with Gasteiger partial charge in [0.25, 0.3) is 0 Å². The summed E-state index contributed by atoms with van der Waals surface area (Å²) in [5, 5.41) is 12.2. The van der Waals surface area contributed by atoms with E-state index >= 15 is 0 Å². The van der Waals surface area contributed by atoms with Crippen molar-refractivity contribution in [3.05, 3.63) is 84.4 Å².